The van der Waals surface area contributed by atoms with E-state index in [2.05, 4.69) is 11.1 Å². The Morgan fingerprint density at radius 1 is 0.926 bits per heavy atom. The SMILES string of the molecule is N#Cc1cc(-c2ccccc2)c(O)cc1OCc1ccc2ccccc2n1. The van der Waals surface area contributed by atoms with E-state index >= 15 is 0 Å². The number of hydrogen-bond acceptors (Lipinski definition) is 4. The molecule has 0 fully saturated rings. The van der Waals surface area contributed by atoms with Gasteiger partial charge in [-0.05, 0) is 23.8 Å². The predicted octanol–water partition coefficient (Wildman–Crippen LogP) is 5.06. The van der Waals surface area contributed by atoms with Gasteiger partial charge in [-0.3, -0.25) is 0 Å². The predicted molar refractivity (Wildman–Crippen MR) is 104 cm³/mol. The number of phenolic OH excluding ortho intramolecular Hbond substituents is 1. The Morgan fingerprint density at radius 3 is 2.52 bits per heavy atom. The normalized spacial score (nSPS) is 10.5. The van der Waals surface area contributed by atoms with Gasteiger partial charge in [-0.1, -0.05) is 54.6 Å². The monoisotopic (exact) mass is 352 g/mol. The summed E-state index contributed by atoms with van der Waals surface area (Å²) in [5, 5.41) is 20.9. The zero-order chi connectivity index (χ0) is 18.6. The molecule has 4 heteroatoms. The van der Waals surface area contributed by atoms with Gasteiger partial charge >= 0.3 is 0 Å². The highest BCUT2D eigenvalue weighted by molar-refractivity contribution is 5.78. The maximum absolute atomic E-state index is 10.4. The van der Waals surface area contributed by atoms with Crippen molar-refractivity contribution in [3.63, 3.8) is 0 Å². The zero-order valence-corrected chi connectivity index (χ0v) is 14.5. The Kier molecular flexibility index (Phi) is 4.42. The second kappa shape index (κ2) is 7.19. The molecule has 0 saturated carbocycles. The summed E-state index contributed by atoms with van der Waals surface area (Å²) < 4.78 is 5.79. The second-order valence-corrected chi connectivity index (χ2v) is 6.13. The van der Waals surface area contributed by atoms with Crippen LogP contribution in [-0.2, 0) is 6.61 Å². The van der Waals surface area contributed by atoms with Crippen LogP contribution in [0.15, 0.2) is 78.9 Å². The van der Waals surface area contributed by atoms with Crippen molar-refractivity contribution < 1.29 is 9.84 Å². The minimum Gasteiger partial charge on any atom is -0.507 e. The fraction of sp³-hybridized carbons (Fsp3) is 0.0435. The summed E-state index contributed by atoms with van der Waals surface area (Å²) in [5.74, 6) is 0.409. The number of nitriles is 1. The largest absolute Gasteiger partial charge is 0.507 e. The number of aromatic hydroxyl groups is 1. The van der Waals surface area contributed by atoms with Crippen LogP contribution in [0, 0.1) is 11.3 Å². The summed E-state index contributed by atoms with van der Waals surface area (Å²) in [4.78, 5) is 4.56. The molecule has 0 saturated heterocycles. The molecule has 1 heterocycles. The van der Waals surface area contributed by atoms with E-state index in [1.807, 2.05) is 66.7 Å². The fourth-order valence-electron chi connectivity index (χ4n) is 2.97. The molecule has 0 spiro atoms. The lowest BCUT2D eigenvalue weighted by Gasteiger charge is -2.12. The summed E-state index contributed by atoms with van der Waals surface area (Å²) in [6, 6.07) is 26.5. The first-order chi connectivity index (χ1) is 13.2. The van der Waals surface area contributed by atoms with Gasteiger partial charge in [0, 0.05) is 17.0 Å². The van der Waals surface area contributed by atoms with E-state index in [4.69, 9.17) is 4.74 Å². The minimum absolute atomic E-state index is 0.0710. The number of para-hydroxylation sites is 1. The van der Waals surface area contributed by atoms with Crippen LogP contribution in [0.3, 0.4) is 0 Å². The Hall–Kier alpha value is -3.84. The molecule has 0 atom stereocenters. The number of ether oxygens (including phenoxy) is 1. The number of phenols is 1. The second-order valence-electron chi connectivity index (χ2n) is 6.13. The molecule has 4 rings (SSSR count). The molecule has 130 valence electrons. The lowest BCUT2D eigenvalue weighted by molar-refractivity contribution is 0.299. The highest BCUT2D eigenvalue weighted by atomic mass is 16.5. The van der Waals surface area contributed by atoms with Gasteiger partial charge in [0.05, 0.1) is 16.8 Å². The highest BCUT2D eigenvalue weighted by Crippen LogP contribution is 2.35. The molecule has 1 N–H and O–H groups in total. The lowest BCUT2D eigenvalue weighted by Crippen LogP contribution is -2.00. The molecule has 4 aromatic rings. The molecular formula is C23H16N2O2. The number of rotatable bonds is 4. The van der Waals surface area contributed by atoms with Gasteiger partial charge in [-0.2, -0.15) is 5.26 Å². The summed E-state index contributed by atoms with van der Waals surface area (Å²) in [5.41, 5.74) is 3.45. The maximum Gasteiger partial charge on any atom is 0.141 e. The van der Waals surface area contributed by atoms with Crippen molar-refractivity contribution in [3.05, 3.63) is 90.1 Å². The average Bonchev–Trinajstić information content (AvgIpc) is 2.72. The van der Waals surface area contributed by atoms with Crippen molar-refractivity contribution in [1.29, 1.82) is 5.26 Å². The molecule has 0 aliphatic carbocycles. The Bertz CT molecular complexity index is 1150. The summed E-state index contributed by atoms with van der Waals surface area (Å²) >= 11 is 0. The van der Waals surface area contributed by atoms with Crippen LogP contribution in [0.2, 0.25) is 0 Å². The van der Waals surface area contributed by atoms with Crippen molar-refractivity contribution in [1.82, 2.24) is 4.98 Å². The van der Waals surface area contributed by atoms with Gasteiger partial charge in [-0.15, -0.1) is 0 Å². The molecule has 3 aromatic carbocycles. The quantitative estimate of drug-likeness (QED) is 0.557. The van der Waals surface area contributed by atoms with Gasteiger partial charge < -0.3 is 9.84 Å². The van der Waals surface area contributed by atoms with E-state index in [0.717, 1.165) is 22.2 Å². The molecule has 0 aliphatic heterocycles. The van der Waals surface area contributed by atoms with Gasteiger partial charge in [0.15, 0.2) is 0 Å². The molecule has 0 amide bonds. The molecule has 0 radical (unpaired) electrons. The highest BCUT2D eigenvalue weighted by Gasteiger charge is 2.12. The van der Waals surface area contributed by atoms with Crippen LogP contribution < -0.4 is 4.74 Å². The molecule has 1 aromatic heterocycles. The standard InChI is InChI=1S/C23H16N2O2/c24-14-18-12-20(16-6-2-1-3-7-16)22(26)13-23(18)27-15-19-11-10-17-8-4-5-9-21(17)25-19/h1-13,26H,15H2. The Balaban J connectivity index is 1.61. The van der Waals surface area contributed by atoms with Crippen LogP contribution in [0.25, 0.3) is 22.0 Å². The van der Waals surface area contributed by atoms with Crippen LogP contribution in [0.5, 0.6) is 11.5 Å². The first-order valence-corrected chi connectivity index (χ1v) is 8.54. The third-order valence-electron chi connectivity index (χ3n) is 4.33. The van der Waals surface area contributed by atoms with Gasteiger partial charge in [0.2, 0.25) is 0 Å². The topological polar surface area (TPSA) is 66.1 Å². The molecule has 0 aliphatic rings. The summed E-state index contributed by atoms with van der Waals surface area (Å²) in [6.07, 6.45) is 0. The van der Waals surface area contributed by atoms with Crippen LogP contribution in [0.4, 0.5) is 0 Å². The average molecular weight is 352 g/mol. The number of nitrogens with zero attached hydrogens (tertiary/aromatic N) is 2. The van der Waals surface area contributed by atoms with Crippen molar-refractivity contribution in [2.45, 2.75) is 6.61 Å². The minimum atomic E-state index is 0.0710. The van der Waals surface area contributed by atoms with Crippen LogP contribution >= 0.6 is 0 Å². The van der Waals surface area contributed by atoms with Crippen molar-refractivity contribution in [2.24, 2.45) is 0 Å². The first kappa shape index (κ1) is 16.6. The maximum atomic E-state index is 10.4. The summed E-state index contributed by atoms with van der Waals surface area (Å²) in [6.45, 7) is 0.212. The third kappa shape index (κ3) is 3.44. The van der Waals surface area contributed by atoms with E-state index in [1.165, 1.54) is 6.07 Å². The Morgan fingerprint density at radius 2 is 1.70 bits per heavy atom. The van der Waals surface area contributed by atoms with E-state index in [-0.39, 0.29) is 12.4 Å². The Labute approximate surface area is 156 Å². The zero-order valence-electron chi connectivity index (χ0n) is 14.5. The summed E-state index contributed by atoms with van der Waals surface area (Å²) in [7, 11) is 0. The van der Waals surface area contributed by atoms with Crippen molar-refractivity contribution in [3.8, 4) is 28.7 Å². The number of pyridine rings is 1. The molecule has 4 nitrogen and oxygen atoms in total. The van der Waals surface area contributed by atoms with Crippen molar-refractivity contribution >= 4 is 10.9 Å². The molecule has 0 bridgehead atoms. The van der Waals surface area contributed by atoms with Gasteiger partial charge in [0.25, 0.3) is 0 Å². The lowest BCUT2D eigenvalue weighted by atomic mass is 10.0. The number of aromatic nitrogens is 1. The van der Waals surface area contributed by atoms with E-state index in [1.54, 1.807) is 6.07 Å². The van der Waals surface area contributed by atoms with E-state index in [9.17, 15) is 10.4 Å². The third-order valence-corrected chi connectivity index (χ3v) is 4.33. The molecular weight excluding hydrogens is 336 g/mol. The van der Waals surface area contributed by atoms with Crippen LogP contribution in [-0.4, -0.2) is 10.1 Å². The molecule has 27 heavy (non-hydrogen) atoms. The van der Waals surface area contributed by atoms with Crippen LogP contribution in [0.1, 0.15) is 11.3 Å². The fourth-order valence-corrected chi connectivity index (χ4v) is 2.97. The number of hydrogen-bond donors (Lipinski definition) is 1. The number of benzene rings is 3. The van der Waals surface area contributed by atoms with E-state index in [0.29, 0.717) is 16.9 Å². The van der Waals surface area contributed by atoms with Gasteiger partial charge in [0.1, 0.15) is 24.2 Å². The number of fused-ring (bicyclic) bond motifs is 1. The van der Waals surface area contributed by atoms with Crippen molar-refractivity contribution in [2.75, 3.05) is 0 Å². The first-order valence-electron chi connectivity index (χ1n) is 8.54. The molecule has 0 unspecified atom stereocenters. The smallest absolute Gasteiger partial charge is 0.141 e. The van der Waals surface area contributed by atoms with E-state index < -0.39 is 0 Å². The van der Waals surface area contributed by atoms with Gasteiger partial charge in [-0.25, -0.2) is 4.98 Å².